The van der Waals surface area contributed by atoms with Crippen LogP contribution in [0.2, 0.25) is 5.02 Å². The molecule has 0 aliphatic carbocycles. The third-order valence-corrected chi connectivity index (χ3v) is 10.3. The average Bonchev–Trinajstić information content (AvgIpc) is 3.76. The van der Waals surface area contributed by atoms with Crippen molar-refractivity contribution in [2.75, 3.05) is 11.9 Å². The van der Waals surface area contributed by atoms with Crippen LogP contribution in [0.4, 0.5) is 10.5 Å². The highest BCUT2D eigenvalue weighted by Gasteiger charge is 2.46. The Labute approximate surface area is 305 Å². The van der Waals surface area contributed by atoms with Crippen LogP contribution in [0.3, 0.4) is 0 Å². The maximum absolute atomic E-state index is 14.4. The molecule has 5 amide bonds. The number of rotatable bonds is 11. The van der Waals surface area contributed by atoms with E-state index in [4.69, 9.17) is 21.8 Å². The van der Waals surface area contributed by atoms with Gasteiger partial charge in [-0.1, -0.05) is 51.4 Å². The van der Waals surface area contributed by atoms with Gasteiger partial charge in [-0.3, -0.25) is 24.1 Å². The normalized spacial score (nSPS) is 16.1. The fourth-order valence-electron chi connectivity index (χ4n) is 6.00. The maximum Gasteiger partial charge on any atom is 0.333 e. The van der Waals surface area contributed by atoms with E-state index in [0.717, 1.165) is 0 Å². The van der Waals surface area contributed by atoms with Crippen LogP contribution < -0.4 is 15.8 Å². The van der Waals surface area contributed by atoms with Crippen molar-refractivity contribution in [3.8, 4) is 0 Å². The van der Waals surface area contributed by atoms with E-state index in [2.05, 4.69) is 10.3 Å². The first-order valence-corrected chi connectivity index (χ1v) is 18.5. The molecule has 5 rings (SSSR count). The highest BCUT2D eigenvalue weighted by atomic mass is 35.5. The molecule has 3 atom stereocenters. The van der Waals surface area contributed by atoms with Crippen LogP contribution in [0.15, 0.2) is 82.1 Å². The lowest BCUT2D eigenvalue weighted by atomic mass is 9.96. The van der Waals surface area contributed by atoms with E-state index in [1.54, 1.807) is 43.0 Å². The number of Topliss-reactive ketones (excluding diaryl/α,β-unsaturated/α-hetero) is 1. The molecule has 1 aliphatic heterocycles. The number of anilines is 1. The Hall–Kier alpha value is -4.96. The molecule has 52 heavy (non-hydrogen) atoms. The molecule has 4 aromatic rings. The van der Waals surface area contributed by atoms with Gasteiger partial charge in [-0.05, 0) is 91.9 Å². The summed E-state index contributed by atoms with van der Waals surface area (Å²) < 4.78 is 32.8. The largest absolute Gasteiger partial charge is 0.434 e. The SMILES string of the molecule is CC(C)[C@H](N)C(=O)N(C(=O)c1ccc(NC(=O)NS(=O)(=O)c2ccc(Cl)cc2)cc1)C(=O)[C@@H]1CCCN1[C@H](C(=O)c1nc2ccccc2o1)C(C)C. The van der Waals surface area contributed by atoms with E-state index in [9.17, 15) is 32.4 Å². The monoisotopic (exact) mass is 750 g/mol. The van der Waals surface area contributed by atoms with Crippen molar-refractivity contribution in [3.05, 3.63) is 89.3 Å². The number of carbonyl (C=O) groups is 5. The van der Waals surface area contributed by atoms with Crippen molar-refractivity contribution in [1.82, 2.24) is 19.5 Å². The Kier molecular flexibility index (Phi) is 11.6. The molecule has 1 fully saturated rings. The zero-order valence-corrected chi connectivity index (χ0v) is 30.5. The molecule has 1 aliphatic rings. The molecule has 0 unspecified atom stereocenters. The van der Waals surface area contributed by atoms with E-state index < -0.39 is 63.6 Å². The molecule has 274 valence electrons. The maximum atomic E-state index is 14.4. The van der Waals surface area contributed by atoms with Crippen LogP contribution in [-0.4, -0.2) is 77.4 Å². The fourth-order valence-corrected chi connectivity index (χ4v) is 7.03. The average molecular weight is 751 g/mol. The van der Waals surface area contributed by atoms with Gasteiger partial charge in [0, 0.05) is 16.3 Å². The van der Waals surface area contributed by atoms with E-state index in [0.29, 0.717) is 34.0 Å². The van der Waals surface area contributed by atoms with Gasteiger partial charge in [0.25, 0.3) is 33.6 Å². The van der Waals surface area contributed by atoms with Gasteiger partial charge in [0.2, 0.25) is 5.78 Å². The number of halogens is 1. The van der Waals surface area contributed by atoms with Gasteiger partial charge in [0.15, 0.2) is 5.58 Å². The number of para-hydroxylation sites is 2. The number of amides is 5. The first-order chi connectivity index (χ1) is 24.6. The summed E-state index contributed by atoms with van der Waals surface area (Å²) in [6.45, 7) is 7.37. The number of benzene rings is 3. The molecule has 16 heteroatoms. The number of nitrogens with one attached hydrogen (secondary N) is 2. The lowest BCUT2D eigenvalue weighted by molar-refractivity contribution is -0.145. The molecule has 0 bridgehead atoms. The van der Waals surface area contributed by atoms with E-state index in [1.165, 1.54) is 48.5 Å². The number of nitrogens with two attached hydrogens (primary N) is 1. The highest BCUT2D eigenvalue weighted by Crippen LogP contribution is 2.29. The number of oxazole rings is 1. The summed E-state index contributed by atoms with van der Waals surface area (Å²) in [5.41, 5.74) is 7.19. The van der Waals surface area contributed by atoms with E-state index >= 15 is 0 Å². The molecule has 1 aromatic heterocycles. The second kappa shape index (κ2) is 15.7. The topological polar surface area (TPSA) is 202 Å². The predicted molar refractivity (Wildman–Crippen MR) is 193 cm³/mol. The summed E-state index contributed by atoms with van der Waals surface area (Å²) in [4.78, 5) is 75.0. The smallest absolute Gasteiger partial charge is 0.333 e. The highest BCUT2D eigenvalue weighted by molar-refractivity contribution is 7.90. The number of sulfonamides is 1. The lowest BCUT2D eigenvalue weighted by Crippen LogP contribution is -2.58. The van der Waals surface area contributed by atoms with Gasteiger partial charge in [-0.15, -0.1) is 0 Å². The number of fused-ring (bicyclic) bond motifs is 1. The van der Waals surface area contributed by atoms with Crippen molar-refractivity contribution in [3.63, 3.8) is 0 Å². The Morgan fingerprint density at radius 3 is 2.21 bits per heavy atom. The van der Waals surface area contributed by atoms with Crippen LogP contribution in [0, 0.1) is 11.8 Å². The number of hydrogen-bond acceptors (Lipinski definition) is 11. The van der Waals surface area contributed by atoms with Crippen molar-refractivity contribution in [2.45, 2.75) is 63.6 Å². The molecule has 0 saturated carbocycles. The predicted octanol–water partition coefficient (Wildman–Crippen LogP) is 4.84. The molecule has 2 heterocycles. The number of imide groups is 3. The van der Waals surface area contributed by atoms with Gasteiger partial charge in [0.05, 0.1) is 23.0 Å². The van der Waals surface area contributed by atoms with Crippen LogP contribution in [0.5, 0.6) is 0 Å². The summed E-state index contributed by atoms with van der Waals surface area (Å²) in [5, 5.41) is 2.69. The first kappa shape index (κ1) is 38.3. The molecular formula is C36H39ClN6O8S. The van der Waals surface area contributed by atoms with Crippen molar-refractivity contribution in [2.24, 2.45) is 17.6 Å². The molecule has 0 spiro atoms. The quantitative estimate of drug-likeness (QED) is 0.140. The Morgan fingerprint density at radius 1 is 0.942 bits per heavy atom. The molecular weight excluding hydrogens is 712 g/mol. The van der Waals surface area contributed by atoms with Crippen LogP contribution in [0.1, 0.15) is 61.6 Å². The summed E-state index contributed by atoms with van der Waals surface area (Å²) in [6.07, 6.45) is 0.789. The number of nitrogens with zero attached hydrogens (tertiary/aromatic N) is 3. The minimum atomic E-state index is -4.22. The fraction of sp³-hybridized carbons (Fsp3) is 0.333. The molecule has 3 aromatic carbocycles. The van der Waals surface area contributed by atoms with Gasteiger partial charge < -0.3 is 15.5 Å². The Bertz CT molecular complexity index is 2070. The second-order valence-corrected chi connectivity index (χ2v) is 15.2. The zero-order valence-electron chi connectivity index (χ0n) is 28.9. The Balaban J connectivity index is 1.37. The summed E-state index contributed by atoms with van der Waals surface area (Å²) in [7, 11) is -4.22. The standard InChI is InChI=1S/C36H39ClN6O8S/c1-20(2)29(38)35(47)43(33(45)22-11-15-24(16-12-22)39-36(48)41-52(49,50)25-17-13-23(37)14-18-25)34(46)27-9-7-19-42(27)30(21(3)4)31(44)32-40-26-8-5-6-10-28(26)51-32/h5-6,8,10-18,20-21,27,29-30H,7,9,19,38H2,1-4H3,(H2,39,41,48)/t27-,29-,30-/m0/s1. The molecule has 1 saturated heterocycles. The third-order valence-electron chi connectivity index (χ3n) is 8.73. The third kappa shape index (κ3) is 8.23. The number of carbonyl (C=O) groups excluding carboxylic acids is 5. The minimum Gasteiger partial charge on any atom is -0.434 e. The van der Waals surface area contributed by atoms with Crippen molar-refractivity contribution >= 4 is 67.9 Å². The molecule has 14 nitrogen and oxygen atoms in total. The molecule has 4 N–H and O–H groups in total. The number of aromatic nitrogens is 1. The summed E-state index contributed by atoms with van der Waals surface area (Å²) in [6, 6.07) is 13.2. The van der Waals surface area contributed by atoms with Gasteiger partial charge in [0.1, 0.15) is 5.52 Å². The van der Waals surface area contributed by atoms with Crippen LogP contribution in [0.25, 0.3) is 11.1 Å². The summed E-state index contributed by atoms with van der Waals surface area (Å²) >= 11 is 5.82. The first-order valence-electron chi connectivity index (χ1n) is 16.6. The number of urea groups is 1. The number of hydrogen-bond donors (Lipinski definition) is 3. The summed E-state index contributed by atoms with van der Waals surface area (Å²) in [5.74, 6) is -3.94. The molecule has 0 radical (unpaired) electrons. The van der Waals surface area contributed by atoms with Gasteiger partial charge >= 0.3 is 6.03 Å². The second-order valence-electron chi connectivity index (χ2n) is 13.1. The van der Waals surface area contributed by atoms with Crippen LogP contribution >= 0.6 is 11.6 Å². The van der Waals surface area contributed by atoms with Gasteiger partial charge in [-0.2, -0.15) is 0 Å². The number of likely N-dealkylation sites (tertiary alicyclic amines) is 1. The van der Waals surface area contributed by atoms with E-state index in [-0.39, 0.29) is 34.4 Å². The van der Waals surface area contributed by atoms with Crippen molar-refractivity contribution in [1.29, 1.82) is 0 Å². The van der Waals surface area contributed by atoms with E-state index in [1.807, 2.05) is 18.6 Å². The lowest BCUT2D eigenvalue weighted by Gasteiger charge is -2.35. The van der Waals surface area contributed by atoms with Crippen LogP contribution in [-0.2, 0) is 19.6 Å². The zero-order chi connectivity index (χ0) is 37.9. The van der Waals surface area contributed by atoms with Gasteiger partial charge in [-0.25, -0.2) is 27.8 Å². The minimum absolute atomic E-state index is 0.0788. The number of ketones is 1. The van der Waals surface area contributed by atoms with Crippen molar-refractivity contribution < 1.29 is 36.8 Å². The Morgan fingerprint density at radius 2 is 1.60 bits per heavy atom.